The molecule has 0 bridgehead atoms. The van der Waals surface area contributed by atoms with Crippen molar-refractivity contribution in [3.8, 4) is 0 Å². The lowest BCUT2D eigenvalue weighted by molar-refractivity contribution is -0.233. The van der Waals surface area contributed by atoms with Crippen LogP contribution in [0.4, 0.5) is 0 Å². The van der Waals surface area contributed by atoms with Crippen molar-refractivity contribution in [1.82, 2.24) is 5.32 Å². The monoisotopic (exact) mass is 173 g/mol. The molecule has 12 heavy (non-hydrogen) atoms. The van der Waals surface area contributed by atoms with Gasteiger partial charge in [-0.05, 0) is 13.5 Å². The third-order valence-electron chi connectivity index (χ3n) is 3.19. The normalized spacial score (nSPS) is 52.8. The molecule has 0 aromatic carbocycles. The van der Waals surface area contributed by atoms with Crippen molar-refractivity contribution < 1.29 is 14.6 Å². The van der Waals surface area contributed by atoms with Crippen LogP contribution in [-0.2, 0) is 9.47 Å². The van der Waals surface area contributed by atoms with Crippen LogP contribution in [0, 0.1) is 5.41 Å². The summed E-state index contributed by atoms with van der Waals surface area (Å²) in [5.74, 6) is -0.744. The minimum Gasteiger partial charge on any atom is -0.390 e. The van der Waals surface area contributed by atoms with Crippen LogP contribution in [0.25, 0.3) is 0 Å². The van der Waals surface area contributed by atoms with Gasteiger partial charge in [0.15, 0.2) is 0 Å². The van der Waals surface area contributed by atoms with Crippen LogP contribution < -0.4 is 5.32 Å². The Kier molecular flexibility index (Phi) is 1.70. The molecule has 0 aromatic heterocycles. The van der Waals surface area contributed by atoms with Gasteiger partial charge < -0.3 is 14.6 Å². The Morgan fingerprint density at radius 1 is 1.50 bits per heavy atom. The summed E-state index contributed by atoms with van der Waals surface area (Å²) in [6.45, 7) is 3.00. The standard InChI is InChI=1S/C8H15NO3/c1-7-3-4-11-8(7,9-2)12-5-6(7)10/h6,9-10H,3-5H2,1-2H3. The Balaban J connectivity index is 2.33. The van der Waals surface area contributed by atoms with Crippen LogP contribution in [0.5, 0.6) is 0 Å². The second kappa shape index (κ2) is 2.42. The molecular weight excluding hydrogens is 158 g/mol. The summed E-state index contributed by atoms with van der Waals surface area (Å²) in [6, 6.07) is 0. The van der Waals surface area contributed by atoms with E-state index >= 15 is 0 Å². The van der Waals surface area contributed by atoms with Gasteiger partial charge in [-0.2, -0.15) is 0 Å². The van der Waals surface area contributed by atoms with Gasteiger partial charge >= 0.3 is 0 Å². The van der Waals surface area contributed by atoms with E-state index in [0.717, 1.165) is 6.42 Å². The lowest BCUT2D eigenvalue weighted by atomic mass is 9.81. The quantitative estimate of drug-likeness (QED) is 0.570. The van der Waals surface area contributed by atoms with Gasteiger partial charge in [-0.15, -0.1) is 0 Å². The fraction of sp³-hybridized carbons (Fsp3) is 1.00. The van der Waals surface area contributed by atoms with E-state index < -0.39 is 12.0 Å². The third-order valence-corrected chi connectivity index (χ3v) is 3.19. The number of hydrogen-bond donors (Lipinski definition) is 2. The molecule has 2 fully saturated rings. The lowest BCUT2D eigenvalue weighted by Gasteiger charge is -2.34. The molecule has 0 spiro atoms. The minimum atomic E-state index is -0.744. The molecular formula is C8H15NO3. The maximum absolute atomic E-state index is 9.71. The molecule has 4 heteroatoms. The predicted octanol–water partition coefficient (Wildman–Crippen LogP) is -0.323. The smallest absolute Gasteiger partial charge is 0.235 e. The number of aliphatic hydroxyl groups excluding tert-OH is 1. The zero-order valence-corrected chi connectivity index (χ0v) is 7.46. The Morgan fingerprint density at radius 3 is 2.83 bits per heavy atom. The van der Waals surface area contributed by atoms with Gasteiger partial charge in [-0.3, -0.25) is 5.32 Å². The van der Waals surface area contributed by atoms with Crippen LogP contribution in [0.3, 0.4) is 0 Å². The summed E-state index contributed by atoms with van der Waals surface area (Å²) in [6.07, 6.45) is 0.419. The van der Waals surface area contributed by atoms with Gasteiger partial charge in [0.2, 0.25) is 5.91 Å². The van der Waals surface area contributed by atoms with E-state index in [1.165, 1.54) is 0 Å². The molecule has 4 nitrogen and oxygen atoms in total. The second-order valence-corrected chi connectivity index (χ2v) is 3.71. The Hall–Kier alpha value is -0.160. The average molecular weight is 173 g/mol. The van der Waals surface area contributed by atoms with Crippen LogP contribution in [0.2, 0.25) is 0 Å². The molecule has 0 radical (unpaired) electrons. The van der Waals surface area contributed by atoms with Crippen molar-refractivity contribution in [2.75, 3.05) is 20.3 Å². The molecule has 2 aliphatic rings. The van der Waals surface area contributed by atoms with E-state index in [2.05, 4.69) is 5.32 Å². The predicted molar refractivity (Wildman–Crippen MR) is 42.4 cm³/mol. The highest BCUT2D eigenvalue weighted by molar-refractivity contribution is 5.02. The molecule has 70 valence electrons. The first-order valence-electron chi connectivity index (χ1n) is 4.29. The van der Waals surface area contributed by atoms with Crippen molar-refractivity contribution in [1.29, 1.82) is 0 Å². The number of aliphatic hydroxyl groups is 1. The highest BCUT2D eigenvalue weighted by Crippen LogP contribution is 2.49. The van der Waals surface area contributed by atoms with E-state index in [-0.39, 0.29) is 5.41 Å². The molecule has 0 aromatic rings. The molecule has 2 aliphatic heterocycles. The largest absolute Gasteiger partial charge is 0.390 e. The van der Waals surface area contributed by atoms with Crippen LogP contribution in [0.1, 0.15) is 13.3 Å². The number of ether oxygens (including phenoxy) is 2. The minimum absolute atomic E-state index is 0.290. The van der Waals surface area contributed by atoms with Gasteiger partial charge in [0.05, 0.1) is 24.7 Å². The second-order valence-electron chi connectivity index (χ2n) is 3.71. The Morgan fingerprint density at radius 2 is 2.25 bits per heavy atom. The molecule has 3 unspecified atom stereocenters. The van der Waals surface area contributed by atoms with Crippen LogP contribution >= 0.6 is 0 Å². The van der Waals surface area contributed by atoms with E-state index in [9.17, 15) is 5.11 Å². The highest BCUT2D eigenvalue weighted by Gasteiger charge is 2.62. The summed E-state index contributed by atoms with van der Waals surface area (Å²) in [7, 11) is 1.79. The Bertz CT molecular complexity index is 195. The van der Waals surface area contributed by atoms with Gasteiger partial charge in [0.1, 0.15) is 0 Å². The molecule has 2 rings (SSSR count). The van der Waals surface area contributed by atoms with E-state index in [1.54, 1.807) is 7.05 Å². The summed E-state index contributed by atoms with van der Waals surface area (Å²) < 4.78 is 10.9. The van der Waals surface area contributed by atoms with Crippen molar-refractivity contribution in [2.24, 2.45) is 5.41 Å². The van der Waals surface area contributed by atoms with Crippen LogP contribution in [-0.4, -0.2) is 37.4 Å². The van der Waals surface area contributed by atoms with Gasteiger partial charge in [-0.1, -0.05) is 6.92 Å². The zero-order valence-electron chi connectivity index (χ0n) is 7.46. The van der Waals surface area contributed by atoms with E-state index in [0.29, 0.717) is 13.2 Å². The number of rotatable bonds is 1. The van der Waals surface area contributed by atoms with Crippen molar-refractivity contribution in [3.63, 3.8) is 0 Å². The summed E-state index contributed by atoms with van der Waals surface area (Å²) in [4.78, 5) is 0. The van der Waals surface area contributed by atoms with Gasteiger partial charge in [0.25, 0.3) is 0 Å². The zero-order chi connectivity index (χ0) is 8.82. The SMILES string of the molecule is CNC12OCCC1(C)C(O)CO2. The molecule has 0 aliphatic carbocycles. The summed E-state index contributed by atoms with van der Waals surface area (Å²) in [5.41, 5.74) is -0.290. The van der Waals surface area contributed by atoms with Crippen molar-refractivity contribution >= 4 is 0 Å². The van der Waals surface area contributed by atoms with E-state index in [1.807, 2.05) is 6.92 Å². The lowest BCUT2D eigenvalue weighted by Crippen LogP contribution is -2.53. The molecule has 0 amide bonds. The van der Waals surface area contributed by atoms with Gasteiger partial charge in [-0.25, -0.2) is 0 Å². The average Bonchev–Trinajstić information content (AvgIpc) is 2.50. The molecule has 2 heterocycles. The number of fused-ring (bicyclic) bond motifs is 1. The topological polar surface area (TPSA) is 50.7 Å². The molecule has 3 atom stereocenters. The van der Waals surface area contributed by atoms with Gasteiger partial charge in [0, 0.05) is 0 Å². The summed E-state index contributed by atoms with van der Waals surface area (Å²) in [5, 5.41) is 12.7. The fourth-order valence-electron chi connectivity index (χ4n) is 2.14. The number of hydrogen-bond acceptors (Lipinski definition) is 4. The van der Waals surface area contributed by atoms with Crippen molar-refractivity contribution in [3.05, 3.63) is 0 Å². The van der Waals surface area contributed by atoms with Crippen molar-refractivity contribution in [2.45, 2.75) is 25.4 Å². The summed E-state index contributed by atoms with van der Waals surface area (Å²) >= 11 is 0. The van der Waals surface area contributed by atoms with Crippen LogP contribution in [0.15, 0.2) is 0 Å². The first-order valence-corrected chi connectivity index (χ1v) is 4.29. The first-order chi connectivity index (χ1) is 5.65. The maximum Gasteiger partial charge on any atom is 0.235 e. The molecule has 0 saturated carbocycles. The fourth-order valence-corrected chi connectivity index (χ4v) is 2.14. The molecule has 2 saturated heterocycles. The number of nitrogens with one attached hydrogen (secondary N) is 1. The molecule has 2 N–H and O–H groups in total. The third kappa shape index (κ3) is 0.758. The first kappa shape index (κ1) is 8.44. The highest BCUT2D eigenvalue weighted by atomic mass is 16.7. The Labute approximate surface area is 71.9 Å². The maximum atomic E-state index is 9.71. The van der Waals surface area contributed by atoms with E-state index in [4.69, 9.17) is 9.47 Å².